The number of nitrogens with zero attached hydrogens (tertiary/aromatic N) is 1. The summed E-state index contributed by atoms with van der Waals surface area (Å²) in [6.45, 7) is 2.25. The van der Waals surface area contributed by atoms with Crippen LogP contribution in [0.5, 0.6) is 5.75 Å². The predicted molar refractivity (Wildman–Crippen MR) is 117 cm³/mol. The van der Waals surface area contributed by atoms with Gasteiger partial charge in [-0.05, 0) is 61.2 Å². The number of carbonyl (C=O) groups is 1. The summed E-state index contributed by atoms with van der Waals surface area (Å²) < 4.78 is 31.1. The smallest absolute Gasteiger partial charge is 0.243 e. The Labute approximate surface area is 177 Å². The Bertz CT molecular complexity index is 899. The fourth-order valence-electron chi connectivity index (χ4n) is 3.06. The second-order valence-corrected chi connectivity index (χ2v) is 9.00. The minimum atomic E-state index is -3.65. The molecule has 0 unspecified atom stereocenters. The average molecular weight is 439 g/mol. The second-order valence-electron chi connectivity index (χ2n) is 6.70. The largest absolute Gasteiger partial charge is 0.497 e. The van der Waals surface area contributed by atoms with Gasteiger partial charge < -0.3 is 10.1 Å². The van der Waals surface area contributed by atoms with E-state index in [9.17, 15) is 13.2 Å². The first kappa shape index (κ1) is 23.0. The Morgan fingerprint density at radius 1 is 1.14 bits per heavy atom. The summed E-state index contributed by atoms with van der Waals surface area (Å²) in [6, 6.07) is 13.4. The molecule has 0 aliphatic heterocycles. The van der Waals surface area contributed by atoms with E-state index in [1.54, 1.807) is 38.3 Å². The molecule has 0 bridgehead atoms. The molecular formula is C21H27ClN2O4S. The molecule has 0 aromatic heterocycles. The molecule has 0 aliphatic carbocycles. The summed E-state index contributed by atoms with van der Waals surface area (Å²) in [7, 11) is -2.03. The number of halogens is 1. The molecule has 0 saturated heterocycles. The van der Waals surface area contributed by atoms with Crippen molar-refractivity contribution in [2.24, 2.45) is 0 Å². The molecule has 1 atom stereocenters. The maximum atomic E-state index is 12.7. The molecular weight excluding hydrogens is 412 g/mol. The second kappa shape index (κ2) is 10.5. The number of hydrogen-bond acceptors (Lipinski definition) is 4. The lowest BCUT2D eigenvalue weighted by molar-refractivity contribution is -0.122. The molecule has 0 spiro atoms. The van der Waals surface area contributed by atoms with Crippen molar-refractivity contribution in [1.29, 1.82) is 0 Å². The first-order valence-corrected chi connectivity index (χ1v) is 11.6. The summed E-state index contributed by atoms with van der Waals surface area (Å²) in [5.41, 5.74) is 1.56. The average Bonchev–Trinajstić information content (AvgIpc) is 2.69. The molecule has 0 radical (unpaired) electrons. The molecule has 1 amide bonds. The number of sulfonamides is 1. The highest BCUT2D eigenvalue weighted by Gasteiger charge is 2.31. The van der Waals surface area contributed by atoms with E-state index in [2.05, 4.69) is 5.32 Å². The molecule has 1 N–H and O–H groups in total. The maximum Gasteiger partial charge on any atom is 0.243 e. The van der Waals surface area contributed by atoms with Crippen molar-refractivity contribution in [3.8, 4) is 5.75 Å². The highest BCUT2D eigenvalue weighted by molar-refractivity contribution is 7.92. The number of benzene rings is 2. The van der Waals surface area contributed by atoms with Gasteiger partial charge in [0.15, 0.2) is 0 Å². The third-order valence-electron chi connectivity index (χ3n) is 4.51. The number of methoxy groups -OCH3 is 1. The summed E-state index contributed by atoms with van der Waals surface area (Å²) in [6.07, 6.45) is 2.99. The minimum absolute atomic E-state index is 0.317. The zero-order valence-corrected chi connectivity index (χ0v) is 18.5. The highest BCUT2D eigenvalue weighted by Crippen LogP contribution is 2.24. The van der Waals surface area contributed by atoms with Gasteiger partial charge >= 0.3 is 0 Å². The van der Waals surface area contributed by atoms with E-state index < -0.39 is 16.1 Å². The summed E-state index contributed by atoms with van der Waals surface area (Å²) in [5.74, 6) is 0.485. The van der Waals surface area contributed by atoms with Crippen molar-refractivity contribution in [2.45, 2.75) is 32.2 Å². The number of ether oxygens (including phenoxy) is 1. The van der Waals surface area contributed by atoms with Gasteiger partial charge in [-0.3, -0.25) is 9.10 Å². The zero-order chi connectivity index (χ0) is 21.4. The van der Waals surface area contributed by atoms with Gasteiger partial charge in [0.05, 0.1) is 19.1 Å². The van der Waals surface area contributed by atoms with Gasteiger partial charge in [0, 0.05) is 11.6 Å². The van der Waals surface area contributed by atoms with Crippen LogP contribution in [0.3, 0.4) is 0 Å². The van der Waals surface area contributed by atoms with Crippen molar-refractivity contribution < 1.29 is 17.9 Å². The Morgan fingerprint density at radius 2 is 1.76 bits per heavy atom. The standard InChI is InChI=1S/C21H27ClN2O4S/c1-4-20(24(29(3,26)27)18-11-9-17(22)10-12-18)21(25)23-15-5-6-16-7-13-19(28-2)14-8-16/h7-14,20H,4-6,15H2,1-3H3,(H,23,25)/t20-/m1/s1. The molecule has 2 aromatic rings. The van der Waals surface area contributed by atoms with Crippen LogP contribution in [0.1, 0.15) is 25.3 Å². The number of anilines is 1. The van der Waals surface area contributed by atoms with Crippen LogP contribution in [0, 0.1) is 0 Å². The Morgan fingerprint density at radius 3 is 2.28 bits per heavy atom. The maximum absolute atomic E-state index is 12.7. The van der Waals surface area contributed by atoms with E-state index in [0.717, 1.165) is 34.7 Å². The number of amides is 1. The topological polar surface area (TPSA) is 75.7 Å². The molecule has 158 valence electrons. The Hall–Kier alpha value is -2.25. The molecule has 0 aliphatic rings. The van der Waals surface area contributed by atoms with Crippen molar-refractivity contribution in [3.63, 3.8) is 0 Å². The van der Waals surface area contributed by atoms with E-state index in [4.69, 9.17) is 16.3 Å². The molecule has 0 heterocycles. The SMILES string of the molecule is CC[C@H](C(=O)NCCCc1ccc(OC)cc1)N(c1ccc(Cl)cc1)S(C)(=O)=O. The van der Waals surface area contributed by atoms with Crippen molar-refractivity contribution >= 4 is 33.2 Å². The van der Waals surface area contributed by atoms with Gasteiger partial charge in [-0.15, -0.1) is 0 Å². The van der Waals surface area contributed by atoms with Crippen LogP contribution in [-0.2, 0) is 21.2 Å². The minimum Gasteiger partial charge on any atom is -0.497 e. The van der Waals surface area contributed by atoms with Crippen LogP contribution in [0.4, 0.5) is 5.69 Å². The van der Waals surface area contributed by atoms with Crippen LogP contribution in [-0.4, -0.2) is 40.3 Å². The lowest BCUT2D eigenvalue weighted by atomic mass is 10.1. The monoisotopic (exact) mass is 438 g/mol. The van der Waals surface area contributed by atoms with Gasteiger partial charge in [0.2, 0.25) is 15.9 Å². The van der Waals surface area contributed by atoms with Crippen LogP contribution < -0.4 is 14.4 Å². The van der Waals surface area contributed by atoms with E-state index in [-0.39, 0.29) is 5.91 Å². The number of rotatable bonds is 10. The van der Waals surface area contributed by atoms with Crippen molar-refractivity contribution in [3.05, 3.63) is 59.1 Å². The lowest BCUT2D eigenvalue weighted by Crippen LogP contribution is -2.49. The van der Waals surface area contributed by atoms with E-state index >= 15 is 0 Å². The van der Waals surface area contributed by atoms with Crippen molar-refractivity contribution in [2.75, 3.05) is 24.2 Å². The molecule has 0 saturated carbocycles. The Balaban J connectivity index is 2.00. The fourth-order valence-corrected chi connectivity index (χ4v) is 4.40. The van der Waals surface area contributed by atoms with Crippen LogP contribution in [0.25, 0.3) is 0 Å². The lowest BCUT2D eigenvalue weighted by Gasteiger charge is -2.30. The third kappa shape index (κ3) is 6.65. The quantitative estimate of drug-likeness (QED) is 0.574. The van der Waals surface area contributed by atoms with E-state index in [1.165, 1.54) is 0 Å². The fraction of sp³-hybridized carbons (Fsp3) is 0.381. The van der Waals surface area contributed by atoms with Gasteiger partial charge in [0.1, 0.15) is 11.8 Å². The molecule has 29 heavy (non-hydrogen) atoms. The van der Waals surface area contributed by atoms with Crippen LogP contribution in [0.15, 0.2) is 48.5 Å². The van der Waals surface area contributed by atoms with Crippen LogP contribution in [0.2, 0.25) is 5.02 Å². The molecule has 8 heteroatoms. The number of nitrogens with one attached hydrogen (secondary N) is 1. The number of hydrogen-bond donors (Lipinski definition) is 1. The zero-order valence-electron chi connectivity index (χ0n) is 16.9. The summed E-state index contributed by atoms with van der Waals surface area (Å²) in [5, 5.41) is 3.36. The van der Waals surface area contributed by atoms with E-state index in [0.29, 0.717) is 23.7 Å². The van der Waals surface area contributed by atoms with Crippen molar-refractivity contribution in [1.82, 2.24) is 5.32 Å². The molecule has 2 aromatic carbocycles. The summed E-state index contributed by atoms with van der Waals surface area (Å²) in [4.78, 5) is 12.7. The molecule has 2 rings (SSSR count). The highest BCUT2D eigenvalue weighted by atomic mass is 35.5. The normalized spacial score (nSPS) is 12.3. The first-order chi connectivity index (χ1) is 13.8. The van der Waals surface area contributed by atoms with Gasteiger partial charge in [-0.25, -0.2) is 8.42 Å². The molecule has 0 fully saturated rings. The summed E-state index contributed by atoms with van der Waals surface area (Å²) >= 11 is 5.90. The van der Waals surface area contributed by atoms with Gasteiger partial charge in [0.25, 0.3) is 0 Å². The predicted octanol–water partition coefficient (Wildman–Crippen LogP) is 3.64. The van der Waals surface area contributed by atoms with Crippen LogP contribution >= 0.6 is 11.6 Å². The molecule has 6 nitrogen and oxygen atoms in total. The number of carbonyl (C=O) groups excluding carboxylic acids is 1. The van der Waals surface area contributed by atoms with E-state index in [1.807, 2.05) is 24.3 Å². The van der Waals surface area contributed by atoms with Gasteiger partial charge in [-0.2, -0.15) is 0 Å². The third-order valence-corrected chi connectivity index (χ3v) is 5.94. The Kier molecular flexibility index (Phi) is 8.34. The number of aryl methyl sites for hydroxylation is 1. The first-order valence-electron chi connectivity index (χ1n) is 9.42. The van der Waals surface area contributed by atoms with Gasteiger partial charge in [-0.1, -0.05) is 30.7 Å².